The normalized spacial score (nSPS) is 10.2. The molecule has 1 N–H and O–H groups in total. The highest BCUT2D eigenvalue weighted by Gasteiger charge is 2.05. The van der Waals surface area contributed by atoms with Crippen molar-refractivity contribution < 1.29 is 9.53 Å². The number of ether oxygens (including phenoxy) is 1. The van der Waals surface area contributed by atoms with E-state index in [2.05, 4.69) is 15.5 Å². The minimum absolute atomic E-state index is 0.0126. The number of carbonyl (C=O) groups is 1. The summed E-state index contributed by atoms with van der Waals surface area (Å²) in [6, 6.07) is 7.57. The van der Waals surface area contributed by atoms with Gasteiger partial charge in [-0.2, -0.15) is 0 Å². The average Bonchev–Trinajstić information content (AvgIpc) is 2.80. The summed E-state index contributed by atoms with van der Waals surface area (Å²) in [5.74, 6) is 1.20. The molecule has 1 amide bonds. The third-order valence-electron chi connectivity index (χ3n) is 2.61. The first kappa shape index (κ1) is 13.1. The van der Waals surface area contributed by atoms with Crippen molar-refractivity contribution in [1.82, 2.24) is 20.1 Å². The van der Waals surface area contributed by atoms with Gasteiger partial charge in [-0.3, -0.25) is 4.79 Å². The van der Waals surface area contributed by atoms with Crippen LogP contribution in [0, 0.1) is 6.92 Å². The zero-order chi connectivity index (χ0) is 13.7. The van der Waals surface area contributed by atoms with Gasteiger partial charge in [-0.1, -0.05) is 12.1 Å². The second kappa shape index (κ2) is 5.99. The van der Waals surface area contributed by atoms with Crippen LogP contribution in [0.15, 0.2) is 30.6 Å². The topological polar surface area (TPSA) is 69.0 Å². The van der Waals surface area contributed by atoms with E-state index < -0.39 is 0 Å². The quantitative estimate of drug-likeness (QED) is 0.864. The summed E-state index contributed by atoms with van der Waals surface area (Å²) in [5, 5.41) is 10.3. The van der Waals surface area contributed by atoms with E-state index in [1.54, 1.807) is 10.9 Å². The predicted octanol–water partition coefficient (Wildman–Crippen LogP) is 0.819. The van der Waals surface area contributed by atoms with Crippen molar-refractivity contribution in [2.45, 2.75) is 13.5 Å². The maximum absolute atomic E-state index is 11.6. The molecule has 0 unspecified atom stereocenters. The van der Waals surface area contributed by atoms with Crippen LogP contribution in [0.3, 0.4) is 0 Å². The number of aromatic nitrogens is 3. The van der Waals surface area contributed by atoms with Gasteiger partial charge in [-0.05, 0) is 24.6 Å². The maximum atomic E-state index is 11.6. The molecular formula is C13H16N4O2. The molecule has 0 aliphatic heterocycles. The lowest BCUT2D eigenvalue weighted by Crippen LogP contribution is -2.29. The summed E-state index contributed by atoms with van der Waals surface area (Å²) < 4.78 is 7.15. The van der Waals surface area contributed by atoms with Gasteiger partial charge in [0.25, 0.3) is 5.91 Å². The molecule has 0 saturated heterocycles. The van der Waals surface area contributed by atoms with Crippen LogP contribution in [0.4, 0.5) is 0 Å². The third-order valence-corrected chi connectivity index (χ3v) is 2.61. The molecule has 100 valence electrons. The first-order chi connectivity index (χ1) is 9.15. The fourth-order valence-corrected chi connectivity index (χ4v) is 1.55. The zero-order valence-corrected chi connectivity index (χ0v) is 11.0. The second-order valence-electron chi connectivity index (χ2n) is 4.24. The van der Waals surface area contributed by atoms with Crippen LogP contribution in [-0.2, 0) is 18.4 Å². The van der Waals surface area contributed by atoms with E-state index in [1.165, 1.54) is 0 Å². The van der Waals surface area contributed by atoms with Gasteiger partial charge in [0, 0.05) is 7.05 Å². The van der Waals surface area contributed by atoms with Crippen LogP contribution in [0.25, 0.3) is 0 Å². The Morgan fingerprint density at radius 2 is 2.32 bits per heavy atom. The Labute approximate surface area is 111 Å². The Balaban J connectivity index is 1.77. The number of hydrogen-bond donors (Lipinski definition) is 1. The van der Waals surface area contributed by atoms with Gasteiger partial charge < -0.3 is 14.6 Å². The minimum Gasteiger partial charge on any atom is -0.484 e. The molecule has 0 saturated carbocycles. The van der Waals surface area contributed by atoms with E-state index in [0.29, 0.717) is 18.1 Å². The molecule has 1 aromatic carbocycles. The molecule has 0 aliphatic rings. The number of rotatable bonds is 5. The summed E-state index contributed by atoms with van der Waals surface area (Å²) in [5.41, 5.74) is 1.09. The Kier molecular flexibility index (Phi) is 4.12. The van der Waals surface area contributed by atoms with E-state index in [0.717, 1.165) is 5.56 Å². The van der Waals surface area contributed by atoms with Crippen molar-refractivity contribution >= 4 is 5.91 Å². The molecule has 1 heterocycles. The van der Waals surface area contributed by atoms with E-state index in [4.69, 9.17) is 4.74 Å². The number of benzene rings is 1. The predicted molar refractivity (Wildman–Crippen MR) is 69.5 cm³/mol. The number of hydrogen-bond acceptors (Lipinski definition) is 4. The lowest BCUT2D eigenvalue weighted by Gasteiger charge is -2.07. The summed E-state index contributed by atoms with van der Waals surface area (Å²) in [6.45, 7) is 2.30. The first-order valence-corrected chi connectivity index (χ1v) is 5.94. The fraction of sp³-hybridized carbons (Fsp3) is 0.308. The number of nitrogens with one attached hydrogen (secondary N) is 1. The highest BCUT2D eigenvalue weighted by atomic mass is 16.5. The van der Waals surface area contributed by atoms with Gasteiger partial charge in [-0.25, -0.2) is 0 Å². The summed E-state index contributed by atoms with van der Waals surface area (Å²) in [4.78, 5) is 11.6. The third kappa shape index (κ3) is 3.80. The highest BCUT2D eigenvalue weighted by Crippen LogP contribution is 2.11. The Morgan fingerprint density at radius 3 is 3.00 bits per heavy atom. The monoisotopic (exact) mass is 260 g/mol. The van der Waals surface area contributed by atoms with Crippen LogP contribution in [0.1, 0.15) is 11.4 Å². The Hall–Kier alpha value is -2.37. The van der Waals surface area contributed by atoms with Gasteiger partial charge >= 0.3 is 0 Å². The van der Waals surface area contributed by atoms with Crippen molar-refractivity contribution in [1.29, 1.82) is 0 Å². The molecule has 2 rings (SSSR count). The van der Waals surface area contributed by atoms with Crippen LogP contribution < -0.4 is 10.1 Å². The SMILES string of the molecule is Cc1cccc(OCC(=O)NCc2nncn2C)c1. The molecule has 0 aliphatic carbocycles. The van der Waals surface area contributed by atoms with Crippen molar-refractivity contribution in [3.05, 3.63) is 42.0 Å². The minimum atomic E-state index is -0.190. The summed E-state index contributed by atoms with van der Waals surface area (Å²) >= 11 is 0. The lowest BCUT2D eigenvalue weighted by molar-refractivity contribution is -0.123. The zero-order valence-electron chi connectivity index (χ0n) is 11.0. The molecule has 0 fully saturated rings. The molecule has 6 heteroatoms. The van der Waals surface area contributed by atoms with E-state index in [9.17, 15) is 4.79 Å². The number of amides is 1. The average molecular weight is 260 g/mol. The molecule has 6 nitrogen and oxygen atoms in total. The Morgan fingerprint density at radius 1 is 1.47 bits per heavy atom. The summed E-state index contributed by atoms with van der Waals surface area (Å²) in [6.07, 6.45) is 1.59. The second-order valence-corrected chi connectivity index (χ2v) is 4.24. The number of carbonyl (C=O) groups excluding carboxylic acids is 1. The van der Waals surface area contributed by atoms with Gasteiger partial charge in [0.15, 0.2) is 12.4 Å². The van der Waals surface area contributed by atoms with Crippen LogP contribution in [0.2, 0.25) is 0 Å². The highest BCUT2D eigenvalue weighted by molar-refractivity contribution is 5.77. The van der Waals surface area contributed by atoms with Gasteiger partial charge in [-0.15, -0.1) is 10.2 Å². The fourth-order valence-electron chi connectivity index (χ4n) is 1.55. The molecule has 19 heavy (non-hydrogen) atoms. The molecule has 2 aromatic rings. The molecule has 0 atom stereocenters. The smallest absolute Gasteiger partial charge is 0.258 e. The largest absolute Gasteiger partial charge is 0.484 e. The molecule has 0 spiro atoms. The van der Waals surface area contributed by atoms with Gasteiger partial charge in [0.1, 0.15) is 12.1 Å². The van der Waals surface area contributed by atoms with Gasteiger partial charge in [0.05, 0.1) is 6.54 Å². The van der Waals surface area contributed by atoms with Crippen LogP contribution in [-0.4, -0.2) is 27.3 Å². The van der Waals surface area contributed by atoms with E-state index in [-0.39, 0.29) is 12.5 Å². The lowest BCUT2D eigenvalue weighted by atomic mass is 10.2. The molecule has 0 bridgehead atoms. The number of nitrogens with zero attached hydrogens (tertiary/aromatic N) is 3. The van der Waals surface area contributed by atoms with Crippen LogP contribution >= 0.6 is 0 Å². The standard InChI is InChI=1S/C13H16N4O2/c1-10-4-3-5-11(6-10)19-8-13(18)14-7-12-16-15-9-17(12)2/h3-6,9H,7-8H2,1-2H3,(H,14,18). The van der Waals surface area contributed by atoms with Gasteiger partial charge in [0.2, 0.25) is 0 Å². The van der Waals surface area contributed by atoms with Crippen molar-refractivity contribution in [3.63, 3.8) is 0 Å². The summed E-state index contributed by atoms with van der Waals surface area (Å²) in [7, 11) is 1.82. The van der Waals surface area contributed by atoms with E-state index >= 15 is 0 Å². The van der Waals surface area contributed by atoms with Crippen molar-refractivity contribution in [2.75, 3.05) is 6.61 Å². The van der Waals surface area contributed by atoms with Crippen molar-refractivity contribution in [2.24, 2.45) is 7.05 Å². The van der Waals surface area contributed by atoms with E-state index in [1.807, 2.05) is 38.2 Å². The number of aryl methyl sites for hydroxylation is 2. The molecule has 0 radical (unpaired) electrons. The maximum Gasteiger partial charge on any atom is 0.258 e. The Bertz CT molecular complexity index is 565. The first-order valence-electron chi connectivity index (χ1n) is 5.94. The molecular weight excluding hydrogens is 244 g/mol. The van der Waals surface area contributed by atoms with Crippen LogP contribution in [0.5, 0.6) is 5.75 Å². The molecule has 1 aromatic heterocycles. The van der Waals surface area contributed by atoms with Crippen molar-refractivity contribution in [3.8, 4) is 5.75 Å².